The maximum absolute atomic E-state index is 5.63. The van der Waals surface area contributed by atoms with E-state index in [0.29, 0.717) is 19.0 Å². The Morgan fingerprint density at radius 3 is 2.52 bits per heavy atom. The molecule has 0 fully saturated rings. The van der Waals surface area contributed by atoms with Crippen LogP contribution in [0.2, 0.25) is 0 Å². The number of anilines is 3. The van der Waals surface area contributed by atoms with Crippen molar-refractivity contribution in [1.29, 1.82) is 0 Å². The number of nitrogens with zero attached hydrogens (tertiary/aromatic N) is 2. The van der Waals surface area contributed by atoms with Gasteiger partial charge in [-0.1, -0.05) is 42.0 Å². The third-order valence-corrected chi connectivity index (χ3v) is 3.71. The number of para-hydroxylation sites is 2. The van der Waals surface area contributed by atoms with Crippen molar-refractivity contribution in [3.05, 3.63) is 72.1 Å². The second-order valence-electron chi connectivity index (χ2n) is 5.68. The summed E-state index contributed by atoms with van der Waals surface area (Å²) in [6, 6.07) is 18.1. The highest BCUT2D eigenvalue weighted by atomic mass is 16.5. The summed E-state index contributed by atoms with van der Waals surface area (Å²) < 4.78 is 5.63. The van der Waals surface area contributed by atoms with Crippen molar-refractivity contribution < 1.29 is 4.74 Å². The summed E-state index contributed by atoms with van der Waals surface area (Å²) >= 11 is 0. The van der Waals surface area contributed by atoms with E-state index in [4.69, 9.17) is 4.74 Å². The van der Waals surface area contributed by atoms with Gasteiger partial charge < -0.3 is 15.4 Å². The fourth-order valence-corrected chi connectivity index (χ4v) is 2.41. The van der Waals surface area contributed by atoms with Crippen LogP contribution < -0.4 is 15.4 Å². The molecule has 2 N–H and O–H groups in total. The van der Waals surface area contributed by atoms with E-state index < -0.39 is 0 Å². The third-order valence-electron chi connectivity index (χ3n) is 3.71. The second kappa shape index (κ2) is 8.15. The van der Waals surface area contributed by atoms with Gasteiger partial charge in [0, 0.05) is 12.6 Å². The molecule has 2 aromatic carbocycles. The van der Waals surface area contributed by atoms with E-state index in [9.17, 15) is 0 Å². The summed E-state index contributed by atoms with van der Waals surface area (Å²) in [7, 11) is 0. The average molecular weight is 334 g/mol. The molecule has 5 nitrogen and oxygen atoms in total. The van der Waals surface area contributed by atoms with Crippen molar-refractivity contribution in [3.8, 4) is 5.75 Å². The Kier molecular flexibility index (Phi) is 5.46. The molecule has 25 heavy (non-hydrogen) atoms. The Morgan fingerprint density at radius 2 is 1.72 bits per heavy atom. The Labute approximate surface area is 148 Å². The Hall–Kier alpha value is -3.08. The predicted octanol–water partition coefficient (Wildman–Crippen LogP) is 4.54. The first-order valence-corrected chi connectivity index (χ1v) is 8.35. The summed E-state index contributed by atoms with van der Waals surface area (Å²) in [5.74, 6) is 2.29. The molecule has 5 heteroatoms. The molecule has 3 rings (SSSR count). The van der Waals surface area contributed by atoms with E-state index in [1.165, 1.54) is 11.1 Å². The largest absolute Gasteiger partial charge is 0.492 e. The van der Waals surface area contributed by atoms with Crippen LogP contribution in [0.5, 0.6) is 5.75 Å². The molecule has 0 amide bonds. The van der Waals surface area contributed by atoms with E-state index in [1.807, 2.05) is 37.3 Å². The van der Waals surface area contributed by atoms with Gasteiger partial charge >= 0.3 is 0 Å². The number of rotatable bonds is 7. The summed E-state index contributed by atoms with van der Waals surface area (Å²) in [5, 5.41) is 6.61. The number of aromatic nitrogens is 2. The van der Waals surface area contributed by atoms with Crippen LogP contribution in [0, 0.1) is 6.92 Å². The predicted molar refractivity (Wildman–Crippen MR) is 101 cm³/mol. The minimum atomic E-state index is 0.617. The highest BCUT2D eigenvalue weighted by molar-refractivity contribution is 5.65. The fraction of sp³-hybridized carbons (Fsp3) is 0.200. The highest BCUT2D eigenvalue weighted by Gasteiger charge is 2.05. The molecule has 0 radical (unpaired) electrons. The van der Waals surface area contributed by atoms with Crippen LogP contribution in [0.15, 0.2) is 60.9 Å². The first kappa shape index (κ1) is 16.8. The molecule has 0 unspecified atom stereocenters. The maximum atomic E-state index is 5.63. The zero-order valence-corrected chi connectivity index (χ0v) is 14.5. The van der Waals surface area contributed by atoms with Gasteiger partial charge in [0.25, 0.3) is 0 Å². The normalized spacial score (nSPS) is 10.3. The monoisotopic (exact) mass is 334 g/mol. The van der Waals surface area contributed by atoms with Crippen LogP contribution in [-0.2, 0) is 6.54 Å². The topological polar surface area (TPSA) is 59.1 Å². The number of hydrogen-bond acceptors (Lipinski definition) is 5. The summed E-state index contributed by atoms with van der Waals surface area (Å²) in [5.41, 5.74) is 3.35. The molecule has 0 aliphatic rings. The molecule has 0 spiro atoms. The van der Waals surface area contributed by atoms with Crippen molar-refractivity contribution in [2.24, 2.45) is 0 Å². The van der Waals surface area contributed by atoms with Crippen molar-refractivity contribution in [3.63, 3.8) is 0 Å². The lowest BCUT2D eigenvalue weighted by Crippen LogP contribution is -2.04. The quantitative estimate of drug-likeness (QED) is 0.664. The maximum Gasteiger partial charge on any atom is 0.142 e. The second-order valence-corrected chi connectivity index (χ2v) is 5.68. The zero-order chi connectivity index (χ0) is 17.5. The van der Waals surface area contributed by atoms with Crippen LogP contribution in [0.4, 0.5) is 17.3 Å². The molecule has 0 bridgehead atoms. The molecular weight excluding hydrogens is 312 g/mol. The molecule has 1 heterocycles. The lowest BCUT2D eigenvalue weighted by atomic mass is 10.1. The molecule has 0 aliphatic heterocycles. The highest BCUT2D eigenvalue weighted by Crippen LogP contribution is 2.27. The zero-order valence-electron chi connectivity index (χ0n) is 14.5. The SMILES string of the molecule is CCOc1ccccc1Nc1cc(NCc2ccc(C)cc2)ncn1. The molecule has 0 saturated carbocycles. The summed E-state index contributed by atoms with van der Waals surface area (Å²) in [4.78, 5) is 8.56. The Bertz CT molecular complexity index is 818. The molecule has 3 aromatic rings. The molecular formula is C20H22N4O. The number of ether oxygens (including phenoxy) is 1. The third kappa shape index (κ3) is 4.70. The van der Waals surface area contributed by atoms with Crippen LogP contribution in [-0.4, -0.2) is 16.6 Å². The Balaban J connectivity index is 1.68. The van der Waals surface area contributed by atoms with Gasteiger partial charge in [-0.2, -0.15) is 0 Å². The van der Waals surface area contributed by atoms with Gasteiger partial charge in [0.1, 0.15) is 23.7 Å². The van der Waals surface area contributed by atoms with Gasteiger partial charge in [-0.05, 0) is 31.5 Å². The number of nitrogens with one attached hydrogen (secondary N) is 2. The van der Waals surface area contributed by atoms with E-state index in [1.54, 1.807) is 6.33 Å². The van der Waals surface area contributed by atoms with Gasteiger partial charge in [0.05, 0.1) is 12.3 Å². The van der Waals surface area contributed by atoms with Gasteiger partial charge in [0.2, 0.25) is 0 Å². The number of hydrogen-bond donors (Lipinski definition) is 2. The Morgan fingerprint density at radius 1 is 0.960 bits per heavy atom. The molecule has 0 saturated heterocycles. The first-order chi connectivity index (χ1) is 12.2. The van der Waals surface area contributed by atoms with Gasteiger partial charge in [0.15, 0.2) is 0 Å². The minimum absolute atomic E-state index is 0.617. The minimum Gasteiger partial charge on any atom is -0.492 e. The van der Waals surface area contributed by atoms with Crippen LogP contribution in [0.25, 0.3) is 0 Å². The van der Waals surface area contributed by atoms with Crippen LogP contribution >= 0.6 is 0 Å². The smallest absolute Gasteiger partial charge is 0.142 e. The van der Waals surface area contributed by atoms with Gasteiger partial charge in [-0.25, -0.2) is 9.97 Å². The van der Waals surface area contributed by atoms with E-state index in [0.717, 1.165) is 17.3 Å². The average Bonchev–Trinajstić information content (AvgIpc) is 2.63. The molecule has 0 atom stereocenters. The number of benzene rings is 2. The number of aryl methyl sites for hydroxylation is 1. The van der Waals surface area contributed by atoms with Crippen molar-refractivity contribution in [1.82, 2.24) is 9.97 Å². The standard InChI is InChI=1S/C20H22N4O/c1-3-25-18-7-5-4-6-17(18)24-20-12-19(22-14-23-20)21-13-16-10-8-15(2)9-11-16/h4-12,14H,3,13H2,1-2H3,(H2,21,22,23,24). The summed E-state index contributed by atoms with van der Waals surface area (Å²) in [6.45, 7) is 5.38. The lowest BCUT2D eigenvalue weighted by Gasteiger charge is -2.12. The van der Waals surface area contributed by atoms with Crippen LogP contribution in [0.1, 0.15) is 18.1 Å². The van der Waals surface area contributed by atoms with Gasteiger partial charge in [-0.3, -0.25) is 0 Å². The van der Waals surface area contributed by atoms with Crippen molar-refractivity contribution in [2.45, 2.75) is 20.4 Å². The van der Waals surface area contributed by atoms with Crippen molar-refractivity contribution >= 4 is 17.3 Å². The first-order valence-electron chi connectivity index (χ1n) is 8.35. The fourth-order valence-electron chi connectivity index (χ4n) is 2.41. The van der Waals surface area contributed by atoms with E-state index in [-0.39, 0.29) is 0 Å². The van der Waals surface area contributed by atoms with E-state index >= 15 is 0 Å². The molecule has 0 aliphatic carbocycles. The molecule has 1 aromatic heterocycles. The van der Waals surface area contributed by atoms with Gasteiger partial charge in [-0.15, -0.1) is 0 Å². The lowest BCUT2D eigenvalue weighted by molar-refractivity contribution is 0.342. The molecule has 128 valence electrons. The summed E-state index contributed by atoms with van der Waals surface area (Å²) in [6.07, 6.45) is 1.54. The van der Waals surface area contributed by atoms with Crippen LogP contribution in [0.3, 0.4) is 0 Å². The van der Waals surface area contributed by atoms with E-state index in [2.05, 4.69) is 51.8 Å². The van der Waals surface area contributed by atoms with Crippen molar-refractivity contribution in [2.75, 3.05) is 17.2 Å².